The molecule has 0 heterocycles. The van der Waals surface area contributed by atoms with Crippen molar-refractivity contribution >= 4 is 18.3 Å². The minimum Gasteiger partial charge on any atom is -0.543 e. The van der Waals surface area contributed by atoms with Crippen LogP contribution in [0.15, 0.2) is 36.5 Å². The second-order valence-corrected chi connectivity index (χ2v) is 7.27. The van der Waals surface area contributed by atoms with Gasteiger partial charge >= 0.3 is 74.9 Å². The number of carboxylic acid groups (broad SMARTS) is 1. The number of carboxylic acids is 1. The van der Waals surface area contributed by atoms with Crippen LogP contribution in [0.2, 0.25) is 0 Å². The molecule has 0 atom stereocenters. The van der Waals surface area contributed by atoms with Crippen LogP contribution in [0.25, 0.3) is 0 Å². The Bertz CT molecular complexity index is 520. The number of nitrogens with one attached hydrogen (secondary N) is 1. The number of carbonyl (C=O) groups excluding carboxylic acids is 2. The van der Waals surface area contributed by atoms with Gasteiger partial charge in [0.1, 0.15) is 0 Å². The predicted octanol–water partition coefficient (Wildman–Crippen LogP) is 2.35. The SMILES string of the molecule is CC/C=C\C/C=C\C/C=C\CCCCCCCC(=O)NCCCCCC(=O)O.N[C-]=O.[Cs+]. The van der Waals surface area contributed by atoms with Crippen molar-refractivity contribution in [3.63, 3.8) is 0 Å². The molecule has 0 fully saturated rings. The van der Waals surface area contributed by atoms with Crippen molar-refractivity contribution in [1.82, 2.24) is 5.32 Å². The van der Waals surface area contributed by atoms with Crippen LogP contribution >= 0.6 is 0 Å². The number of amides is 2. The van der Waals surface area contributed by atoms with Gasteiger partial charge in [0.05, 0.1) is 0 Å². The van der Waals surface area contributed by atoms with Crippen LogP contribution in [0.4, 0.5) is 0 Å². The van der Waals surface area contributed by atoms with E-state index >= 15 is 0 Å². The molecule has 0 rings (SSSR count). The molecule has 0 saturated carbocycles. The molecule has 178 valence electrons. The van der Waals surface area contributed by atoms with Crippen LogP contribution in [0, 0.1) is 0 Å². The van der Waals surface area contributed by atoms with Gasteiger partial charge in [0, 0.05) is 19.4 Å². The molecule has 0 bridgehead atoms. The van der Waals surface area contributed by atoms with Gasteiger partial charge in [-0.05, 0) is 51.4 Å². The maximum atomic E-state index is 11.7. The van der Waals surface area contributed by atoms with E-state index < -0.39 is 5.97 Å². The average Bonchev–Trinajstić information content (AvgIpc) is 2.73. The smallest absolute Gasteiger partial charge is 0.543 e. The minimum atomic E-state index is -0.747. The normalized spacial score (nSPS) is 10.7. The number of rotatable bonds is 19. The van der Waals surface area contributed by atoms with Gasteiger partial charge < -0.3 is 21.0 Å². The third-order valence-electron chi connectivity index (χ3n) is 4.44. The van der Waals surface area contributed by atoms with Gasteiger partial charge in [0.25, 0.3) is 0 Å². The van der Waals surface area contributed by atoms with Gasteiger partial charge in [-0.1, -0.05) is 69.1 Å². The fourth-order valence-corrected chi connectivity index (χ4v) is 2.80. The summed E-state index contributed by atoms with van der Waals surface area (Å²) in [6.07, 6.45) is 27.6. The fourth-order valence-electron chi connectivity index (χ4n) is 2.80. The van der Waals surface area contributed by atoms with E-state index in [1.54, 1.807) is 0 Å². The van der Waals surface area contributed by atoms with Crippen LogP contribution in [-0.4, -0.2) is 29.9 Å². The summed E-state index contributed by atoms with van der Waals surface area (Å²) in [7, 11) is 0. The summed E-state index contributed by atoms with van der Waals surface area (Å²) in [6, 6.07) is 0. The molecule has 2 amide bonds. The zero-order valence-corrected chi connectivity index (χ0v) is 26.6. The first-order valence-electron chi connectivity index (χ1n) is 11.6. The first-order chi connectivity index (χ1) is 15.1. The molecule has 0 aliphatic heterocycles. The molecule has 0 aromatic heterocycles. The Morgan fingerprint density at radius 2 is 1.31 bits per heavy atom. The first kappa shape index (κ1) is 36.3. The quantitative estimate of drug-likeness (QED) is 0.0962. The molecule has 4 N–H and O–H groups in total. The fraction of sp³-hybridized carbons (Fsp3) is 0.640. The Labute approximate surface area is 254 Å². The number of unbranched alkanes of at least 4 members (excludes halogenated alkanes) is 7. The number of carbonyl (C=O) groups is 2. The van der Waals surface area contributed by atoms with Crippen LogP contribution in [0.1, 0.15) is 96.8 Å². The molecule has 0 aliphatic rings. The van der Waals surface area contributed by atoms with Crippen molar-refractivity contribution in [1.29, 1.82) is 0 Å². The summed E-state index contributed by atoms with van der Waals surface area (Å²) < 4.78 is 0. The molecular weight excluding hydrogens is 525 g/mol. The number of primary amides is 1. The second-order valence-electron chi connectivity index (χ2n) is 7.27. The molecule has 0 spiro atoms. The van der Waals surface area contributed by atoms with Gasteiger partial charge in [-0.25, -0.2) is 0 Å². The van der Waals surface area contributed by atoms with E-state index in [1.807, 2.05) is 0 Å². The number of allylic oxidation sites excluding steroid dienone is 6. The van der Waals surface area contributed by atoms with Gasteiger partial charge in [-0.2, -0.15) is 6.41 Å². The van der Waals surface area contributed by atoms with Crippen molar-refractivity contribution in [3.8, 4) is 0 Å². The Hall–Kier alpha value is -0.318. The van der Waals surface area contributed by atoms with E-state index in [9.17, 15) is 9.59 Å². The molecule has 0 aromatic rings. The van der Waals surface area contributed by atoms with E-state index in [2.05, 4.69) is 54.4 Å². The minimum absolute atomic E-state index is 0. The zero-order valence-electron chi connectivity index (χ0n) is 20.3. The molecular formula is C25H43CsN2O4. The summed E-state index contributed by atoms with van der Waals surface area (Å²) in [6.45, 7) is 2.81. The van der Waals surface area contributed by atoms with E-state index in [4.69, 9.17) is 9.90 Å². The van der Waals surface area contributed by atoms with Gasteiger partial charge in [0.15, 0.2) is 0 Å². The van der Waals surface area contributed by atoms with Crippen LogP contribution in [0.3, 0.4) is 0 Å². The van der Waals surface area contributed by atoms with E-state index in [0.29, 0.717) is 19.4 Å². The summed E-state index contributed by atoms with van der Waals surface area (Å²) >= 11 is 0. The van der Waals surface area contributed by atoms with Crippen molar-refractivity contribution in [3.05, 3.63) is 36.5 Å². The van der Waals surface area contributed by atoms with E-state index in [1.165, 1.54) is 19.3 Å². The molecule has 32 heavy (non-hydrogen) atoms. The number of aliphatic carboxylic acids is 1. The Balaban J connectivity index is -0.00000198. The van der Waals surface area contributed by atoms with Gasteiger partial charge in [0.2, 0.25) is 5.91 Å². The molecule has 6 nitrogen and oxygen atoms in total. The van der Waals surface area contributed by atoms with Gasteiger partial charge in [-0.3, -0.25) is 9.59 Å². The largest absolute Gasteiger partial charge is 1.00 e. The van der Waals surface area contributed by atoms with Crippen molar-refractivity contribution in [2.45, 2.75) is 96.8 Å². The number of hydrogen-bond donors (Lipinski definition) is 3. The number of nitrogens with two attached hydrogens (primary N) is 1. The van der Waals surface area contributed by atoms with Crippen LogP contribution in [-0.2, 0) is 14.4 Å². The standard InChI is InChI=1S/C24H41NO3.CH2NO.Cs/c1-2-3-4-5-6-7-8-9-10-11-12-13-14-15-17-20-23(26)25-22-19-16-18-21-24(27)28;2-1-3;/h3-4,6-7,9-10H,2,5,8,11-22H2,1H3,(H,25,26)(H,27,28);(H2,2,3);/q;-1;+1/b4-3-,7-6-,10-9-;;. The third-order valence-corrected chi connectivity index (χ3v) is 4.44. The van der Waals surface area contributed by atoms with Crippen LogP contribution < -0.4 is 79.9 Å². The first-order valence-corrected chi connectivity index (χ1v) is 11.6. The van der Waals surface area contributed by atoms with Crippen molar-refractivity contribution < 1.29 is 88.4 Å². The maximum absolute atomic E-state index is 11.7. The van der Waals surface area contributed by atoms with E-state index in [-0.39, 0.29) is 81.2 Å². The molecule has 0 aromatic carbocycles. The number of hydrogen-bond acceptors (Lipinski definition) is 3. The molecule has 0 radical (unpaired) electrons. The second kappa shape index (κ2) is 32.9. The Kier molecular flexibility index (Phi) is 37.2. The summed E-state index contributed by atoms with van der Waals surface area (Å²) in [4.78, 5) is 30.5. The summed E-state index contributed by atoms with van der Waals surface area (Å²) in [5.74, 6) is -0.623. The Morgan fingerprint density at radius 1 is 0.812 bits per heavy atom. The third kappa shape index (κ3) is 37.0. The summed E-state index contributed by atoms with van der Waals surface area (Å²) in [5.41, 5.74) is 4.04. The van der Waals surface area contributed by atoms with Crippen molar-refractivity contribution in [2.24, 2.45) is 5.73 Å². The van der Waals surface area contributed by atoms with Gasteiger partial charge in [-0.15, -0.1) is 0 Å². The predicted molar refractivity (Wildman–Crippen MR) is 128 cm³/mol. The summed E-state index contributed by atoms with van der Waals surface area (Å²) in [5, 5.41) is 11.5. The molecule has 0 saturated heterocycles. The maximum Gasteiger partial charge on any atom is 1.00 e. The molecule has 7 heteroatoms. The molecule has 0 aliphatic carbocycles. The topological polar surface area (TPSA) is 109 Å². The average molecular weight is 569 g/mol. The Morgan fingerprint density at radius 3 is 1.94 bits per heavy atom. The monoisotopic (exact) mass is 568 g/mol. The van der Waals surface area contributed by atoms with Crippen molar-refractivity contribution in [2.75, 3.05) is 6.54 Å². The van der Waals surface area contributed by atoms with E-state index in [0.717, 1.165) is 57.8 Å². The molecule has 0 unspecified atom stereocenters. The van der Waals surface area contributed by atoms with Crippen LogP contribution in [0.5, 0.6) is 0 Å². The zero-order chi connectivity index (χ0) is 23.4.